The van der Waals surface area contributed by atoms with E-state index < -0.39 is 0 Å². The molecular formula is C49H40N2. The summed E-state index contributed by atoms with van der Waals surface area (Å²) in [6, 6.07) is 59.2. The number of rotatable bonds is 8. The van der Waals surface area contributed by atoms with Gasteiger partial charge in [0.25, 0.3) is 0 Å². The molecule has 0 amide bonds. The Kier molecular flexibility index (Phi) is 8.89. The summed E-state index contributed by atoms with van der Waals surface area (Å²) in [6.07, 6.45) is 12.0. The first-order valence-electron chi connectivity index (χ1n) is 17.7. The first kappa shape index (κ1) is 31.9. The molecule has 1 aromatic heterocycles. The standard InChI is InChI=1S/C49H40N2/c1-36-24-30-43(31-25-36)50(2)44-32-26-37(27-33-44)38-28-34-45(35-29-38)51-48(41-20-8-3-4-9-21-41)46(39-16-10-5-11-17-39)47(40-18-12-6-13-19-40)49(51)42-22-14-7-15-23-42/h3-8,10-35H,9H2,1-2H3. The van der Waals surface area contributed by atoms with Crippen molar-refractivity contribution < 1.29 is 0 Å². The Morgan fingerprint density at radius 2 is 0.961 bits per heavy atom. The van der Waals surface area contributed by atoms with Crippen molar-refractivity contribution in [1.29, 1.82) is 0 Å². The second kappa shape index (κ2) is 14.2. The molecule has 2 nitrogen and oxygen atoms in total. The first-order chi connectivity index (χ1) is 25.2. The molecule has 0 radical (unpaired) electrons. The van der Waals surface area contributed by atoms with E-state index in [-0.39, 0.29) is 0 Å². The minimum absolute atomic E-state index is 0.872. The third-order valence-electron chi connectivity index (χ3n) is 9.75. The summed E-state index contributed by atoms with van der Waals surface area (Å²) in [5.41, 5.74) is 16.7. The minimum Gasteiger partial charge on any atom is -0.345 e. The molecule has 0 N–H and O–H groups in total. The normalized spacial score (nSPS) is 12.4. The molecular weight excluding hydrogens is 617 g/mol. The molecule has 1 aliphatic carbocycles. The number of aryl methyl sites for hydroxylation is 1. The Morgan fingerprint density at radius 1 is 0.471 bits per heavy atom. The number of anilines is 2. The molecule has 0 saturated carbocycles. The van der Waals surface area contributed by atoms with Gasteiger partial charge < -0.3 is 9.47 Å². The van der Waals surface area contributed by atoms with Crippen molar-refractivity contribution >= 4 is 16.9 Å². The van der Waals surface area contributed by atoms with E-state index in [0.29, 0.717) is 0 Å². The maximum absolute atomic E-state index is 2.49. The molecule has 0 aliphatic heterocycles. The van der Waals surface area contributed by atoms with E-state index in [4.69, 9.17) is 0 Å². The van der Waals surface area contributed by atoms with Crippen molar-refractivity contribution in [2.24, 2.45) is 0 Å². The molecule has 7 aromatic rings. The van der Waals surface area contributed by atoms with Crippen molar-refractivity contribution in [2.45, 2.75) is 13.3 Å². The van der Waals surface area contributed by atoms with E-state index in [9.17, 15) is 0 Å². The van der Waals surface area contributed by atoms with Crippen LogP contribution in [0.2, 0.25) is 0 Å². The van der Waals surface area contributed by atoms with Gasteiger partial charge in [0, 0.05) is 35.2 Å². The predicted octanol–water partition coefficient (Wildman–Crippen LogP) is 13.1. The lowest BCUT2D eigenvalue weighted by Crippen LogP contribution is -2.08. The summed E-state index contributed by atoms with van der Waals surface area (Å²) in [5.74, 6) is 0. The van der Waals surface area contributed by atoms with Crippen LogP contribution in [0.25, 0.3) is 55.9 Å². The molecule has 0 unspecified atom stereocenters. The third kappa shape index (κ3) is 6.40. The molecule has 0 saturated heterocycles. The van der Waals surface area contributed by atoms with Crippen LogP contribution in [0.4, 0.5) is 11.4 Å². The highest BCUT2D eigenvalue weighted by Crippen LogP contribution is 2.48. The van der Waals surface area contributed by atoms with Crippen LogP contribution in [0.15, 0.2) is 194 Å². The molecule has 6 aromatic carbocycles. The highest BCUT2D eigenvalue weighted by molar-refractivity contribution is 6.02. The zero-order chi connectivity index (χ0) is 34.6. The fourth-order valence-corrected chi connectivity index (χ4v) is 7.10. The topological polar surface area (TPSA) is 8.17 Å². The molecule has 0 fully saturated rings. The van der Waals surface area contributed by atoms with Crippen LogP contribution in [0.5, 0.6) is 0 Å². The van der Waals surface area contributed by atoms with E-state index in [1.54, 1.807) is 0 Å². The first-order valence-corrected chi connectivity index (χ1v) is 17.7. The van der Waals surface area contributed by atoms with Crippen molar-refractivity contribution in [2.75, 3.05) is 11.9 Å². The maximum Gasteiger partial charge on any atom is 0.0619 e. The number of hydrogen-bond donors (Lipinski definition) is 0. The van der Waals surface area contributed by atoms with Crippen LogP contribution in [0, 0.1) is 6.92 Å². The summed E-state index contributed by atoms with van der Waals surface area (Å²) < 4.78 is 2.49. The largest absolute Gasteiger partial charge is 0.345 e. The molecule has 0 atom stereocenters. The lowest BCUT2D eigenvalue weighted by Gasteiger charge is -2.20. The van der Waals surface area contributed by atoms with Gasteiger partial charge in [-0.25, -0.2) is 0 Å². The van der Waals surface area contributed by atoms with Crippen molar-refractivity contribution in [3.63, 3.8) is 0 Å². The van der Waals surface area contributed by atoms with Gasteiger partial charge in [0.15, 0.2) is 0 Å². The van der Waals surface area contributed by atoms with Gasteiger partial charge in [0.1, 0.15) is 0 Å². The van der Waals surface area contributed by atoms with E-state index >= 15 is 0 Å². The van der Waals surface area contributed by atoms with Crippen molar-refractivity contribution in [1.82, 2.24) is 4.57 Å². The van der Waals surface area contributed by atoms with Crippen LogP contribution in [-0.2, 0) is 0 Å². The smallest absolute Gasteiger partial charge is 0.0619 e. The molecule has 51 heavy (non-hydrogen) atoms. The lowest BCUT2D eigenvalue weighted by atomic mass is 9.91. The Balaban J connectivity index is 1.31. The average molecular weight is 657 g/mol. The molecule has 0 bridgehead atoms. The molecule has 246 valence electrons. The maximum atomic E-state index is 2.49. The van der Waals surface area contributed by atoms with Crippen molar-refractivity contribution in [3.8, 4) is 50.3 Å². The van der Waals surface area contributed by atoms with Crippen LogP contribution < -0.4 is 4.90 Å². The summed E-state index contributed by atoms with van der Waals surface area (Å²) in [6.45, 7) is 2.12. The summed E-state index contributed by atoms with van der Waals surface area (Å²) in [5, 5.41) is 0. The monoisotopic (exact) mass is 656 g/mol. The molecule has 8 rings (SSSR count). The Morgan fingerprint density at radius 3 is 1.53 bits per heavy atom. The van der Waals surface area contributed by atoms with Gasteiger partial charge in [-0.3, -0.25) is 0 Å². The highest BCUT2D eigenvalue weighted by atomic mass is 15.1. The Bertz CT molecular complexity index is 2340. The minimum atomic E-state index is 0.872. The molecule has 0 spiro atoms. The van der Waals surface area contributed by atoms with Crippen molar-refractivity contribution in [3.05, 3.63) is 205 Å². The second-order valence-electron chi connectivity index (χ2n) is 13.1. The lowest BCUT2D eigenvalue weighted by molar-refractivity contribution is 1.06. The van der Waals surface area contributed by atoms with Gasteiger partial charge in [0.05, 0.1) is 11.4 Å². The van der Waals surface area contributed by atoms with Gasteiger partial charge in [-0.05, 0) is 83.1 Å². The zero-order valence-electron chi connectivity index (χ0n) is 29.1. The van der Waals surface area contributed by atoms with E-state index in [1.807, 2.05) is 0 Å². The summed E-state index contributed by atoms with van der Waals surface area (Å²) in [4.78, 5) is 2.23. The molecule has 1 heterocycles. The molecule has 2 heteroatoms. The van der Waals surface area contributed by atoms with Crippen LogP contribution in [0.1, 0.15) is 17.7 Å². The quantitative estimate of drug-likeness (QED) is 0.158. The number of hydrogen-bond acceptors (Lipinski definition) is 1. The van der Waals surface area contributed by atoms with E-state index in [2.05, 4.69) is 218 Å². The number of aromatic nitrogens is 1. The van der Waals surface area contributed by atoms with E-state index in [1.165, 1.54) is 67.2 Å². The van der Waals surface area contributed by atoms with Gasteiger partial charge in [-0.15, -0.1) is 0 Å². The average Bonchev–Trinajstić information content (AvgIpc) is 3.32. The van der Waals surface area contributed by atoms with Crippen LogP contribution >= 0.6 is 0 Å². The predicted molar refractivity (Wildman–Crippen MR) is 218 cm³/mol. The van der Waals surface area contributed by atoms with Crippen LogP contribution in [0.3, 0.4) is 0 Å². The number of allylic oxidation sites excluding steroid dienone is 6. The van der Waals surface area contributed by atoms with E-state index in [0.717, 1.165) is 17.8 Å². The van der Waals surface area contributed by atoms with Gasteiger partial charge in [-0.1, -0.05) is 163 Å². The summed E-state index contributed by atoms with van der Waals surface area (Å²) >= 11 is 0. The fraction of sp³-hybridized carbons (Fsp3) is 0.0612. The van der Waals surface area contributed by atoms with Crippen LogP contribution in [-0.4, -0.2) is 11.6 Å². The van der Waals surface area contributed by atoms with Gasteiger partial charge in [0.2, 0.25) is 0 Å². The Hall–Kier alpha value is -6.38. The van der Waals surface area contributed by atoms with Gasteiger partial charge >= 0.3 is 0 Å². The third-order valence-corrected chi connectivity index (χ3v) is 9.75. The fourth-order valence-electron chi connectivity index (χ4n) is 7.10. The number of benzene rings is 6. The Labute approximate surface area is 301 Å². The highest BCUT2D eigenvalue weighted by Gasteiger charge is 2.28. The van der Waals surface area contributed by atoms with Gasteiger partial charge in [-0.2, -0.15) is 0 Å². The zero-order valence-corrected chi connectivity index (χ0v) is 29.1. The second-order valence-corrected chi connectivity index (χ2v) is 13.1. The summed E-state index contributed by atoms with van der Waals surface area (Å²) in [7, 11) is 2.12. The SMILES string of the molecule is Cc1ccc(N(C)c2ccc(-c3ccc(-n4c(C5=CCC=CC=C5)c(-c5ccccc5)c(-c5ccccc5)c4-c4ccccc4)cc3)cc2)cc1. The number of nitrogens with zero attached hydrogens (tertiary/aromatic N) is 2. The molecule has 1 aliphatic rings.